The maximum Gasteiger partial charge on any atom is 0.305 e. The highest BCUT2D eigenvalue weighted by Gasteiger charge is 2.09. The van der Waals surface area contributed by atoms with Crippen molar-refractivity contribution in [2.45, 2.75) is 58.3 Å². The van der Waals surface area contributed by atoms with Gasteiger partial charge in [-0.2, -0.15) is 0 Å². The third kappa shape index (κ3) is 13.3. The molecule has 0 amide bonds. The molecule has 7 heteroatoms. The zero-order chi connectivity index (χ0) is 17.5. The van der Waals surface area contributed by atoms with E-state index in [9.17, 15) is 4.79 Å². The number of rotatable bonds is 11. The molecule has 0 aromatic rings. The molecular weight excluding hydrogens is 431 g/mol. The molecule has 1 aliphatic rings. The Kier molecular flexibility index (Phi) is 16.5. The van der Waals surface area contributed by atoms with Crippen molar-refractivity contribution >= 4 is 35.9 Å². The molecule has 0 unspecified atom stereocenters. The standard InChI is InChI=1S/C18H36N4O2.HI/c1-3-19-18(21-13-16-22-14-9-6-10-15-22)20-12-8-5-4-7-11-17(23)24-2;/h3-16H2,1-2H3,(H2,19,20,21);1H. The van der Waals surface area contributed by atoms with E-state index in [1.807, 2.05) is 0 Å². The summed E-state index contributed by atoms with van der Waals surface area (Å²) >= 11 is 0. The number of likely N-dealkylation sites (tertiary alicyclic amines) is 1. The average Bonchev–Trinajstić information content (AvgIpc) is 2.61. The van der Waals surface area contributed by atoms with E-state index in [1.54, 1.807) is 0 Å². The third-order valence-electron chi connectivity index (χ3n) is 4.30. The van der Waals surface area contributed by atoms with Crippen molar-refractivity contribution in [2.24, 2.45) is 4.99 Å². The minimum atomic E-state index is -0.111. The van der Waals surface area contributed by atoms with Gasteiger partial charge in [0.05, 0.1) is 7.11 Å². The second-order valence-electron chi connectivity index (χ2n) is 6.33. The first-order valence-electron chi connectivity index (χ1n) is 9.57. The van der Waals surface area contributed by atoms with Crippen molar-refractivity contribution in [3.8, 4) is 0 Å². The second kappa shape index (κ2) is 16.9. The van der Waals surface area contributed by atoms with Crippen LogP contribution in [0.2, 0.25) is 0 Å². The Morgan fingerprint density at radius 1 is 1.08 bits per heavy atom. The van der Waals surface area contributed by atoms with Crippen LogP contribution < -0.4 is 10.6 Å². The molecule has 25 heavy (non-hydrogen) atoms. The van der Waals surface area contributed by atoms with Crippen LogP contribution in [0.1, 0.15) is 58.3 Å². The molecule has 2 N–H and O–H groups in total. The topological polar surface area (TPSA) is 66.0 Å². The molecular formula is C18H37IN4O2. The Bertz CT molecular complexity index is 361. The van der Waals surface area contributed by atoms with Gasteiger partial charge < -0.3 is 20.3 Å². The number of ether oxygens (including phenoxy) is 1. The lowest BCUT2D eigenvalue weighted by Gasteiger charge is -2.26. The van der Waals surface area contributed by atoms with Crippen LogP contribution in [0.5, 0.6) is 0 Å². The summed E-state index contributed by atoms with van der Waals surface area (Å²) < 4.78 is 4.64. The zero-order valence-electron chi connectivity index (χ0n) is 16.0. The quantitative estimate of drug-likeness (QED) is 0.161. The Hall–Kier alpha value is -0.570. The van der Waals surface area contributed by atoms with Gasteiger partial charge in [0.2, 0.25) is 0 Å². The summed E-state index contributed by atoms with van der Waals surface area (Å²) in [7, 11) is 1.44. The van der Waals surface area contributed by atoms with Crippen molar-refractivity contribution in [1.29, 1.82) is 0 Å². The van der Waals surface area contributed by atoms with E-state index < -0.39 is 0 Å². The summed E-state index contributed by atoms with van der Waals surface area (Å²) in [5.41, 5.74) is 0. The van der Waals surface area contributed by atoms with Crippen LogP contribution in [0.25, 0.3) is 0 Å². The van der Waals surface area contributed by atoms with Gasteiger partial charge in [0.1, 0.15) is 0 Å². The molecule has 1 heterocycles. The summed E-state index contributed by atoms with van der Waals surface area (Å²) in [5, 5.41) is 6.73. The zero-order valence-corrected chi connectivity index (χ0v) is 18.3. The number of esters is 1. The van der Waals surface area contributed by atoms with E-state index in [4.69, 9.17) is 0 Å². The Morgan fingerprint density at radius 3 is 2.48 bits per heavy atom. The van der Waals surface area contributed by atoms with Crippen LogP contribution in [-0.2, 0) is 9.53 Å². The highest BCUT2D eigenvalue weighted by molar-refractivity contribution is 14.0. The molecule has 1 fully saturated rings. The summed E-state index contributed by atoms with van der Waals surface area (Å²) in [4.78, 5) is 18.2. The van der Waals surface area contributed by atoms with E-state index in [-0.39, 0.29) is 29.9 Å². The molecule has 6 nitrogen and oxygen atoms in total. The largest absolute Gasteiger partial charge is 0.469 e. The molecule has 0 spiro atoms. The van der Waals surface area contributed by atoms with Crippen molar-refractivity contribution in [2.75, 3.05) is 46.4 Å². The Morgan fingerprint density at radius 2 is 1.80 bits per heavy atom. The fourth-order valence-electron chi connectivity index (χ4n) is 2.88. The van der Waals surface area contributed by atoms with Crippen molar-refractivity contribution in [3.05, 3.63) is 0 Å². The number of carbonyl (C=O) groups excluding carboxylic acids is 1. The van der Waals surface area contributed by atoms with Gasteiger partial charge in [-0.25, -0.2) is 0 Å². The molecule has 148 valence electrons. The molecule has 0 aromatic carbocycles. The minimum Gasteiger partial charge on any atom is -0.469 e. The first-order valence-corrected chi connectivity index (χ1v) is 9.57. The number of hydrogen-bond donors (Lipinski definition) is 2. The van der Waals surface area contributed by atoms with Crippen LogP contribution >= 0.6 is 24.0 Å². The number of aliphatic imine (C=N–C) groups is 1. The van der Waals surface area contributed by atoms with Gasteiger partial charge in [-0.3, -0.25) is 9.79 Å². The molecule has 0 atom stereocenters. The SMILES string of the molecule is CCNC(=NCCCCCCC(=O)OC)NCCN1CCCCC1.I. The first-order chi connectivity index (χ1) is 11.8. The number of hydrogen-bond acceptors (Lipinski definition) is 4. The van der Waals surface area contributed by atoms with Gasteiger partial charge in [-0.05, 0) is 45.7 Å². The van der Waals surface area contributed by atoms with Crippen molar-refractivity contribution in [1.82, 2.24) is 15.5 Å². The number of nitrogens with one attached hydrogen (secondary N) is 2. The number of carbonyl (C=O) groups is 1. The first kappa shape index (κ1) is 24.4. The minimum absolute atomic E-state index is 0. The molecule has 1 rings (SSSR count). The highest BCUT2D eigenvalue weighted by Crippen LogP contribution is 2.07. The van der Waals surface area contributed by atoms with Crippen molar-refractivity contribution < 1.29 is 9.53 Å². The van der Waals surface area contributed by atoms with Gasteiger partial charge in [0.15, 0.2) is 5.96 Å². The van der Waals surface area contributed by atoms with Crippen LogP contribution in [0, 0.1) is 0 Å². The van der Waals surface area contributed by atoms with Crippen LogP contribution in [-0.4, -0.2) is 63.2 Å². The normalized spacial score (nSPS) is 15.4. The van der Waals surface area contributed by atoms with Gasteiger partial charge in [-0.15, -0.1) is 24.0 Å². The fourth-order valence-corrected chi connectivity index (χ4v) is 2.88. The Balaban J connectivity index is 0.00000576. The van der Waals surface area contributed by atoms with Crippen molar-refractivity contribution in [3.63, 3.8) is 0 Å². The number of guanidine groups is 1. The van der Waals surface area contributed by atoms with Crippen LogP contribution in [0.15, 0.2) is 4.99 Å². The lowest BCUT2D eigenvalue weighted by atomic mass is 10.1. The number of halogens is 1. The molecule has 0 aromatic heterocycles. The van der Waals surface area contributed by atoms with E-state index >= 15 is 0 Å². The summed E-state index contributed by atoms with van der Waals surface area (Å²) in [5.74, 6) is 0.810. The molecule has 0 radical (unpaired) electrons. The maximum absolute atomic E-state index is 11.0. The van der Waals surface area contributed by atoms with E-state index in [2.05, 4.69) is 32.2 Å². The molecule has 1 saturated heterocycles. The molecule has 0 bridgehead atoms. The van der Waals surface area contributed by atoms with E-state index in [1.165, 1.54) is 39.5 Å². The summed E-state index contributed by atoms with van der Waals surface area (Å²) in [6, 6.07) is 0. The van der Waals surface area contributed by atoms with Gasteiger partial charge in [-0.1, -0.05) is 19.3 Å². The van der Waals surface area contributed by atoms with Gasteiger partial charge in [0.25, 0.3) is 0 Å². The number of unbranched alkanes of at least 4 members (excludes halogenated alkanes) is 3. The third-order valence-corrected chi connectivity index (χ3v) is 4.30. The van der Waals surface area contributed by atoms with Crippen LogP contribution in [0.3, 0.4) is 0 Å². The predicted molar refractivity (Wildman–Crippen MR) is 115 cm³/mol. The number of nitrogens with zero attached hydrogens (tertiary/aromatic N) is 2. The lowest BCUT2D eigenvalue weighted by molar-refractivity contribution is -0.140. The highest BCUT2D eigenvalue weighted by atomic mass is 127. The number of piperidine rings is 1. The molecule has 1 aliphatic heterocycles. The monoisotopic (exact) mass is 468 g/mol. The summed E-state index contributed by atoms with van der Waals surface area (Å²) in [6.07, 6.45) is 8.72. The molecule has 0 saturated carbocycles. The van der Waals surface area contributed by atoms with Crippen LogP contribution in [0.4, 0.5) is 0 Å². The van der Waals surface area contributed by atoms with E-state index in [0.717, 1.165) is 57.8 Å². The Labute approximate surface area is 170 Å². The second-order valence-corrected chi connectivity index (χ2v) is 6.33. The fraction of sp³-hybridized carbons (Fsp3) is 0.889. The van der Waals surface area contributed by atoms with E-state index in [0.29, 0.717) is 6.42 Å². The maximum atomic E-state index is 11.0. The molecule has 0 aliphatic carbocycles. The smallest absolute Gasteiger partial charge is 0.305 e. The lowest BCUT2D eigenvalue weighted by Crippen LogP contribution is -2.42. The van der Waals surface area contributed by atoms with Gasteiger partial charge >= 0.3 is 5.97 Å². The average molecular weight is 468 g/mol. The predicted octanol–water partition coefficient (Wildman–Crippen LogP) is 2.77. The number of methoxy groups -OCH3 is 1. The summed E-state index contributed by atoms with van der Waals surface area (Å²) in [6.45, 7) is 8.32. The van der Waals surface area contributed by atoms with Gasteiger partial charge in [0, 0.05) is 32.6 Å².